The Hall–Kier alpha value is -2.22. The van der Waals surface area contributed by atoms with Gasteiger partial charge in [0.1, 0.15) is 11.6 Å². The fraction of sp³-hybridized carbons (Fsp3) is 0.550. The smallest absolute Gasteiger partial charge is 0.323 e. The van der Waals surface area contributed by atoms with Crippen molar-refractivity contribution < 1.29 is 23.2 Å². The van der Waals surface area contributed by atoms with Gasteiger partial charge in [0.25, 0.3) is 0 Å². The lowest BCUT2D eigenvalue weighted by Crippen LogP contribution is -2.48. The molecule has 0 radical (unpaired) electrons. The number of hydrogen-bond acceptors (Lipinski definition) is 3. The minimum atomic E-state index is -0.869. The van der Waals surface area contributed by atoms with E-state index in [1.165, 1.54) is 7.05 Å². The van der Waals surface area contributed by atoms with Crippen LogP contribution in [0, 0.1) is 23.5 Å². The van der Waals surface area contributed by atoms with E-state index in [0.29, 0.717) is 0 Å². The monoisotopic (exact) mass is 427 g/mol. The number of carbonyl (C=O) groups is 3. The first kappa shape index (κ1) is 21.5. The van der Waals surface area contributed by atoms with Crippen LogP contribution in [0.25, 0.3) is 0 Å². The van der Waals surface area contributed by atoms with Crippen LogP contribution in [0.15, 0.2) is 12.1 Å². The highest BCUT2D eigenvalue weighted by Gasteiger charge is 2.35. The van der Waals surface area contributed by atoms with Crippen LogP contribution in [-0.4, -0.2) is 36.3 Å². The van der Waals surface area contributed by atoms with Crippen molar-refractivity contribution in [2.75, 3.05) is 13.6 Å². The third kappa shape index (κ3) is 4.69. The molecule has 9 heteroatoms. The van der Waals surface area contributed by atoms with Crippen molar-refractivity contribution in [3.63, 3.8) is 0 Å². The highest BCUT2D eigenvalue weighted by atomic mass is 35.5. The Labute approximate surface area is 173 Å². The molecule has 0 spiro atoms. The number of imide groups is 1. The quantitative estimate of drug-likeness (QED) is 0.721. The Bertz CT molecular complexity index is 794. The Morgan fingerprint density at radius 3 is 2.62 bits per heavy atom. The van der Waals surface area contributed by atoms with Gasteiger partial charge >= 0.3 is 6.03 Å². The Kier molecular flexibility index (Phi) is 6.72. The zero-order valence-electron chi connectivity index (χ0n) is 16.1. The maximum Gasteiger partial charge on any atom is 0.323 e. The largest absolute Gasteiger partial charge is 0.348 e. The minimum absolute atomic E-state index is 0.0377. The Morgan fingerprint density at radius 1 is 1.24 bits per heavy atom. The molecule has 6 nitrogen and oxygen atoms in total. The van der Waals surface area contributed by atoms with Gasteiger partial charge < -0.3 is 10.6 Å². The molecule has 0 unspecified atom stereocenters. The number of urea groups is 1. The molecule has 1 saturated carbocycles. The fourth-order valence-corrected chi connectivity index (χ4v) is 4.21. The first-order valence-corrected chi connectivity index (χ1v) is 10.2. The van der Waals surface area contributed by atoms with Gasteiger partial charge in [0.15, 0.2) is 0 Å². The molecule has 1 aliphatic heterocycles. The third-order valence-electron chi connectivity index (χ3n) is 5.82. The molecular formula is C20H24ClF2N3O3. The van der Waals surface area contributed by atoms with Gasteiger partial charge in [0.2, 0.25) is 11.8 Å². The van der Waals surface area contributed by atoms with Crippen LogP contribution in [0.4, 0.5) is 13.6 Å². The summed E-state index contributed by atoms with van der Waals surface area (Å²) in [7, 11) is 1.37. The lowest BCUT2D eigenvalue weighted by atomic mass is 9.89. The predicted octanol–water partition coefficient (Wildman–Crippen LogP) is 3.54. The number of hydrogen-bond donors (Lipinski definition) is 2. The number of benzene rings is 1. The van der Waals surface area contributed by atoms with Gasteiger partial charge in [0, 0.05) is 25.6 Å². The van der Waals surface area contributed by atoms with Gasteiger partial charge in [-0.2, -0.15) is 0 Å². The van der Waals surface area contributed by atoms with Crippen LogP contribution in [0.1, 0.15) is 50.1 Å². The standard InChI is InChI=1S/C20H24ClF2N3O3/c1-26-15(27)9-6-12(10-24-20(26)29)19(28)25-18(11-4-2-3-5-11)16-14(22)8-7-13(21)17(16)23/h7-8,11-12,18H,2-6,9-10H2,1H3,(H,24,29)(H,25,28)/t12-,18+/m1/s1. The summed E-state index contributed by atoms with van der Waals surface area (Å²) in [5.41, 5.74) is -0.233. The molecule has 3 rings (SSSR count). The van der Waals surface area contributed by atoms with E-state index in [4.69, 9.17) is 11.6 Å². The topological polar surface area (TPSA) is 78.5 Å². The molecule has 1 aromatic carbocycles. The van der Waals surface area contributed by atoms with E-state index in [9.17, 15) is 23.2 Å². The number of amides is 4. The van der Waals surface area contributed by atoms with Gasteiger partial charge in [-0.15, -0.1) is 0 Å². The molecule has 2 N–H and O–H groups in total. The second kappa shape index (κ2) is 9.07. The molecular weight excluding hydrogens is 404 g/mol. The lowest BCUT2D eigenvalue weighted by molar-refractivity contribution is -0.129. The van der Waals surface area contributed by atoms with Crippen molar-refractivity contribution in [3.05, 3.63) is 34.4 Å². The number of nitrogens with zero attached hydrogens (tertiary/aromatic N) is 1. The zero-order chi connectivity index (χ0) is 21.1. The van der Waals surface area contributed by atoms with Crippen LogP contribution in [0.5, 0.6) is 0 Å². The van der Waals surface area contributed by atoms with Crippen molar-refractivity contribution in [1.82, 2.24) is 15.5 Å². The molecule has 0 bridgehead atoms. The third-order valence-corrected chi connectivity index (χ3v) is 6.11. The van der Waals surface area contributed by atoms with Gasteiger partial charge in [-0.25, -0.2) is 13.6 Å². The van der Waals surface area contributed by atoms with Crippen molar-refractivity contribution in [2.45, 2.75) is 44.6 Å². The number of halogens is 3. The zero-order valence-corrected chi connectivity index (χ0v) is 16.9. The summed E-state index contributed by atoms with van der Waals surface area (Å²) in [5.74, 6) is -3.25. The summed E-state index contributed by atoms with van der Waals surface area (Å²) in [5, 5.41) is 5.13. The number of nitrogens with one attached hydrogen (secondary N) is 2. The van der Waals surface area contributed by atoms with E-state index in [1.807, 2.05) is 0 Å². The van der Waals surface area contributed by atoms with Crippen molar-refractivity contribution in [3.8, 4) is 0 Å². The Morgan fingerprint density at radius 2 is 1.93 bits per heavy atom. The average molecular weight is 428 g/mol. The highest BCUT2D eigenvalue weighted by molar-refractivity contribution is 6.30. The second-order valence-electron chi connectivity index (χ2n) is 7.66. The van der Waals surface area contributed by atoms with Crippen LogP contribution < -0.4 is 10.6 Å². The molecule has 4 amide bonds. The minimum Gasteiger partial charge on any atom is -0.348 e. The van der Waals surface area contributed by atoms with Gasteiger partial charge in [-0.05, 0) is 37.3 Å². The first-order chi connectivity index (χ1) is 13.8. The van der Waals surface area contributed by atoms with Crippen LogP contribution in [-0.2, 0) is 9.59 Å². The van der Waals surface area contributed by atoms with Crippen LogP contribution in [0.3, 0.4) is 0 Å². The van der Waals surface area contributed by atoms with Crippen molar-refractivity contribution in [2.24, 2.45) is 11.8 Å². The van der Waals surface area contributed by atoms with Gasteiger partial charge in [-0.3, -0.25) is 14.5 Å². The molecule has 158 valence electrons. The van der Waals surface area contributed by atoms with Crippen molar-refractivity contribution in [1.29, 1.82) is 0 Å². The van der Waals surface area contributed by atoms with E-state index in [2.05, 4.69) is 10.6 Å². The summed E-state index contributed by atoms with van der Waals surface area (Å²) in [6.45, 7) is 0.0418. The average Bonchev–Trinajstić information content (AvgIpc) is 3.23. The van der Waals surface area contributed by atoms with Crippen LogP contribution in [0.2, 0.25) is 5.02 Å². The summed E-state index contributed by atoms with van der Waals surface area (Å²) < 4.78 is 29.2. The molecule has 29 heavy (non-hydrogen) atoms. The molecule has 1 aromatic rings. The fourth-order valence-electron chi connectivity index (χ4n) is 4.05. The maximum absolute atomic E-state index is 14.7. The van der Waals surface area contributed by atoms with Crippen LogP contribution >= 0.6 is 11.6 Å². The van der Waals surface area contributed by atoms with Gasteiger partial charge in [0.05, 0.1) is 17.0 Å². The van der Waals surface area contributed by atoms with E-state index in [0.717, 1.165) is 42.7 Å². The lowest BCUT2D eigenvalue weighted by Gasteiger charge is -2.29. The van der Waals surface area contributed by atoms with E-state index >= 15 is 0 Å². The van der Waals surface area contributed by atoms with Crippen molar-refractivity contribution >= 4 is 29.4 Å². The summed E-state index contributed by atoms with van der Waals surface area (Å²) in [6, 6.07) is 0.810. The summed E-state index contributed by atoms with van der Waals surface area (Å²) in [4.78, 5) is 37.7. The summed E-state index contributed by atoms with van der Waals surface area (Å²) in [6.07, 6.45) is 3.58. The number of carbonyl (C=O) groups excluding carboxylic acids is 3. The Balaban J connectivity index is 1.83. The van der Waals surface area contributed by atoms with Gasteiger partial charge in [-0.1, -0.05) is 24.4 Å². The normalized spacial score (nSPS) is 22.1. The molecule has 0 aromatic heterocycles. The predicted molar refractivity (Wildman–Crippen MR) is 103 cm³/mol. The summed E-state index contributed by atoms with van der Waals surface area (Å²) >= 11 is 5.86. The first-order valence-electron chi connectivity index (χ1n) is 9.77. The van der Waals surface area contributed by atoms with E-state index < -0.39 is 35.5 Å². The molecule has 2 atom stereocenters. The highest BCUT2D eigenvalue weighted by Crippen LogP contribution is 2.39. The second-order valence-corrected chi connectivity index (χ2v) is 8.07. The molecule has 1 aliphatic carbocycles. The maximum atomic E-state index is 14.7. The number of rotatable bonds is 4. The van der Waals surface area contributed by atoms with E-state index in [1.54, 1.807) is 0 Å². The molecule has 1 saturated heterocycles. The van der Waals surface area contributed by atoms with E-state index in [-0.39, 0.29) is 41.8 Å². The molecule has 1 heterocycles. The molecule has 2 fully saturated rings. The SMILES string of the molecule is CN1C(=O)CC[C@@H](C(=O)N[C@H](c2c(F)ccc(Cl)c2F)C2CCCC2)CNC1=O. The molecule has 2 aliphatic rings.